The normalized spacial score (nSPS) is 27.5. The van der Waals surface area contributed by atoms with Gasteiger partial charge in [0.1, 0.15) is 6.04 Å². The zero-order chi connectivity index (χ0) is 29.0. The first-order chi connectivity index (χ1) is 19.2. The summed E-state index contributed by atoms with van der Waals surface area (Å²) in [7, 11) is 0. The van der Waals surface area contributed by atoms with Crippen molar-refractivity contribution in [3.05, 3.63) is 55.6 Å². The Morgan fingerprint density at radius 1 is 1.18 bits per heavy atom. The summed E-state index contributed by atoms with van der Waals surface area (Å²) < 4.78 is -0.689. The number of nitrogens with zero attached hydrogens (tertiary/aromatic N) is 3. The maximum Gasteiger partial charge on any atom is 0.247 e. The fourth-order valence-corrected chi connectivity index (χ4v) is 9.27. The number of thioether (sulfide) groups is 1. The van der Waals surface area contributed by atoms with Crippen LogP contribution in [-0.2, 0) is 14.4 Å². The Kier molecular flexibility index (Phi) is 9.83. The standard InChI is InChI=1S/C32H45N3O4S/c1-6-9-19-33(17-7-2)31(39)28-32-16-15-25(40-32)26(27(32)30(38)35(28)24(21-36)20-22(4)5)29(37)34(18-8-3)23-13-11-10-12-14-23/h7-8,10-14,22,24-28,36H,2-3,6,9,15-21H2,1,4-5H3/t24-,25+,26-,27+,28?,32?/m1/s1. The number of para-hydroxylation sites is 1. The van der Waals surface area contributed by atoms with Crippen molar-refractivity contribution < 1.29 is 19.5 Å². The highest BCUT2D eigenvalue weighted by atomic mass is 32.2. The highest BCUT2D eigenvalue weighted by Gasteiger charge is 2.74. The van der Waals surface area contributed by atoms with Crippen LogP contribution in [0, 0.1) is 17.8 Å². The van der Waals surface area contributed by atoms with Gasteiger partial charge < -0.3 is 19.8 Å². The van der Waals surface area contributed by atoms with Gasteiger partial charge in [-0.2, -0.15) is 0 Å². The van der Waals surface area contributed by atoms with E-state index in [0.29, 0.717) is 32.5 Å². The molecule has 0 saturated carbocycles. The average Bonchev–Trinajstić information content (AvgIpc) is 3.59. The zero-order valence-corrected chi connectivity index (χ0v) is 25.0. The predicted molar refractivity (Wildman–Crippen MR) is 162 cm³/mol. The van der Waals surface area contributed by atoms with Gasteiger partial charge in [-0.25, -0.2) is 0 Å². The number of anilines is 1. The lowest BCUT2D eigenvalue weighted by atomic mass is 9.70. The molecule has 218 valence electrons. The third-order valence-corrected chi connectivity index (χ3v) is 10.6. The van der Waals surface area contributed by atoms with Gasteiger partial charge in [0, 0.05) is 30.6 Å². The molecule has 3 amide bonds. The van der Waals surface area contributed by atoms with Gasteiger partial charge in [-0.05, 0) is 43.7 Å². The van der Waals surface area contributed by atoms with Gasteiger partial charge >= 0.3 is 0 Å². The van der Waals surface area contributed by atoms with Crippen LogP contribution in [0.2, 0.25) is 0 Å². The molecule has 1 N–H and O–H groups in total. The summed E-state index contributed by atoms with van der Waals surface area (Å²) in [5.41, 5.74) is 0.772. The Hall–Kier alpha value is -2.58. The van der Waals surface area contributed by atoms with Crippen molar-refractivity contribution in [1.29, 1.82) is 0 Å². The van der Waals surface area contributed by atoms with Crippen LogP contribution in [0.5, 0.6) is 0 Å². The number of aliphatic hydroxyl groups excluding tert-OH is 1. The fourth-order valence-electron chi connectivity index (χ4n) is 7.07. The highest BCUT2D eigenvalue weighted by Crippen LogP contribution is 2.67. The van der Waals surface area contributed by atoms with E-state index in [1.807, 2.05) is 35.2 Å². The number of hydrogen-bond donors (Lipinski definition) is 1. The number of likely N-dealkylation sites (tertiary alicyclic amines) is 1. The van der Waals surface area contributed by atoms with Gasteiger partial charge in [0.25, 0.3) is 0 Å². The van der Waals surface area contributed by atoms with E-state index in [0.717, 1.165) is 24.9 Å². The molecule has 0 aliphatic carbocycles. The number of aliphatic hydroxyl groups is 1. The number of unbranched alkanes of at least 4 members (excludes halogenated alkanes) is 1. The van der Waals surface area contributed by atoms with Gasteiger partial charge in [-0.1, -0.05) is 57.5 Å². The molecule has 6 atom stereocenters. The average molecular weight is 568 g/mol. The van der Waals surface area contributed by atoms with Crippen LogP contribution in [0.4, 0.5) is 5.69 Å². The number of rotatable bonds is 14. The summed E-state index contributed by atoms with van der Waals surface area (Å²) in [6, 6.07) is 8.32. The summed E-state index contributed by atoms with van der Waals surface area (Å²) in [6.45, 7) is 15.1. The maximum absolute atomic E-state index is 14.5. The topological polar surface area (TPSA) is 81.2 Å². The lowest BCUT2D eigenvalue weighted by Crippen LogP contribution is -2.57. The minimum Gasteiger partial charge on any atom is -0.394 e. The van der Waals surface area contributed by atoms with Crippen molar-refractivity contribution in [3.8, 4) is 0 Å². The zero-order valence-electron chi connectivity index (χ0n) is 24.2. The van der Waals surface area contributed by atoms with E-state index in [1.54, 1.807) is 33.7 Å². The van der Waals surface area contributed by atoms with E-state index < -0.39 is 28.7 Å². The smallest absolute Gasteiger partial charge is 0.247 e. The molecule has 3 saturated heterocycles. The molecule has 0 radical (unpaired) electrons. The molecule has 40 heavy (non-hydrogen) atoms. The summed E-state index contributed by atoms with van der Waals surface area (Å²) in [4.78, 5) is 48.5. The molecule has 8 heteroatoms. The second-order valence-corrected chi connectivity index (χ2v) is 13.4. The summed E-state index contributed by atoms with van der Waals surface area (Å²) in [5, 5.41) is 10.5. The second-order valence-electron chi connectivity index (χ2n) is 11.8. The number of carbonyl (C=O) groups is 3. The molecule has 3 heterocycles. The van der Waals surface area contributed by atoms with Crippen LogP contribution in [0.15, 0.2) is 55.6 Å². The SMILES string of the molecule is C=CCN(CCCC)C(=O)C1N([C@@H](CO)CC(C)C)C(=O)[C@@H]2[C@H](C(=O)N(CC=C)c3ccccc3)[C@@H]3CCC12S3. The Balaban J connectivity index is 1.78. The quantitative estimate of drug-likeness (QED) is 0.335. The molecular weight excluding hydrogens is 522 g/mol. The van der Waals surface area contributed by atoms with Gasteiger partial charge in [0.05, 0.1) is 29.2 Å². The monoisotopic (exact) mass is 567 g/mol. The van der Waals surface area contributed by atoms with Gasteiger partial charge in [-0.3, -0.25) is 14.4 Å². The van der Waals surface area contributed by atoms with Crippen LogP contribution >= 0.6 is 11.8 Å². The van der Waals surface area contributed by atoms with Crippen molar-refractivity contribution in [3.63, 3.8) is 0 Å². The van der Waals surface area contributed by atoms with E-state index in [1.165, 1.54) is 0 Å². The van der Waals surface area contributed by atoms with Crippen molar-refractivity contribution in [2.24, 2.45) is 17.8 Å². The van der Waals surface area contributed by atoms with E-state index >= 15 is 0 Å². The largest absolute Gasteiger partial charge is 0.394 e. The first-order valence-electron chi connectivity index (χ1n) is 14.7. The number of benzene rings is 1. The summed E-state index contributed by atoms with van der Waals surface area (Å²) >= 11 is 1.68. The summed E-state index contributed by atoms with van der Waals surface area (Å²) in [5.74, 6) is -1.24. The van der Waals surface area contributed by atoms with E-state index in [9.17, 15) is 19.5 Å². The Morgan fingerprint density at radius 2 is 1.88 bits per heavy atom. The molecule has 0 aromatic heterocycles. The van der Waals surface area contributed by atoms with Crippen LogP contribution in [0.1, 0.15) is 52.9 Å². The minimum absolute atomic E-state index is 0.0314. The van der Waals surface area contributed by atoms with Crippen LogP contribution in [0.3, 0.4) is 0 Å². The molecule has 1 aromatic carbocycles. The molecule has 7 nitrogen and oxygen atoms in total. The van der Waals surface area contributed by atoms with Gasteiger partial charge in [0.15, 0.2) is 0 Å². The minimum atomic E-state index is -0.713. The van der Waals surface area contributed by atoms with Crippen LogP contribution in [-0.4, -0.2) is 80.9 Å². The van der Waals surface area contributed by atoms with Crippen molar-refractivity contribution in [2.45, 2.75) is 75.0 Å². The van der Waals surface area contributed by atoms with Crippen LogP contribution < -0.4 is 4.90 Å². The molecule has 1 aromatic rings. The van der Waals surface area contributed by atoms with Crippen LogP contribution in [0.25, 0.3) is 0 Å². The van der Waals surface area contributed by atoms with E-state index in [4.69, 9.17) is 0 Å². The lowest BCUT2D eigenvalue weighted by molar-refractivity contribution is -0.146. The third kappa shape index (κ3) is 5.37. The van der Waals surface area contributed by atoms with Crippen molar-refractivity contribution >= 4 is 35.2 Å². The molecule has 3 aliphatic rings. The Labute approximate surface area is 243 Å². The van der Waals surface area contributed by atoms with E-state index in [2.05, 4.69) is 33.9 Å². The number of carbonyl (C=O) groups excluding carboxylic acids is 3. The lowest BCUT2D eigenvalue weighted by Gasteiger charge is -2.40. The molecule has 2 bridgehead atoms. The number of amides is 3. The van der Waals surface area contributed by atoms with Crippen molar-refractivity contribution in [2.75, 3.05) is 31.1 Å². The molecule has 2 unspecified atom stereocenters. The Bertz CT molecular complexity index is 1090. The number of hydrogen-bond acceptors (Lipinski definition) is 5. The van der Waals surface area contributed by atoms with Crippen molar-refractivity contribution in [1.82, 2.24) is 9.80 Å². The molecule has 3 aliphatic heterocycles. The molecule has 4 rings (SSSR count). The second kappa shape index (κ2) is 12.9. The third-order valence-electron chi connectivity index (χ3n) is 8.69. The molecule has 1 spiro atoms. The Morgan fingerprint density at radius 3 is 2.48 bits per heavy atom. The molecular formula is C32H45N3O4S. The first kappa shape index (κ1) is 30.4. The fraction of sp³-hybridized carbons (Fsp3) is 0.594. The highest BCUT2D eigenvalue weighted by molar-refractivity contribution is 8.02. The maximum atomic E-state index is 14.5. The van der Waals surface area contributed by atoms with Gasteiger partial charge in [-0.15, -0.1) is 24.9 Å². The van der Waals surface area contributed by atoms with E-state index in [-0.39, 0.29) is 35.5 Å². The number of fused-ring (bicyclic) bond motifs is 1. The molecule has 3 fully saturated rings. The first-order valence-corrected chi connectivity index (χ1v) is 15.6. The van der Waals surface area contributed by atoms with Gasteiger partial charge in [0.2, 0.25) is 17.7 Å². The summed E-state index contributed by atoms with van der Waals surface area (Å²) in [6.07, 6.45) is 7.32. The predicted octanol–water partition coefficient (Wildman–Crippen LogP) is 4.52.